The normalized spacial score (nSPS) is 10.2. The summed E-state index contributed by atoms with van der Waals surface area (Å²) >= 11 is 5.97. The number of carbonyl (C=O) groups excluding carboxylic acids is 2. The maximum atomic E-state index is 12.5. The lowest BCUT2D eigenvalue weighted by molar-refractivity contribution is 0.0772. The summed E-state index contributed by atoms with van der Waals surface area (Å²) < 4.78 is 5.21. The number of halogens is 1. The van der Waals surface area contributed by atoms with E-state index in [0.717, 1.165) is 0 Å². The van der Waals surface area contributed by atoms with Crippen molar-refractivity contribution >= 4 is 29.1 Å². The Morgan fingerprint density at radius 3 is 2.48 bits per heavy atom. The number of amides is 2. The Morgan fingerprint density at radius 1 is 1.16 bits per heavy atom. The first-order valence-corrected chi connectivity index (χ1v) is 8.27. The first-order valence-electron chi connectivity index (χ1n) is 7.89. The van der Waals surface area contributed by atoms with Crippen LogP contribution in [-0.4, -0.2) is 41.9 Å². The van der Waals surface area contributed by atoms with E-state index < -0.39 is 5.91 Å². The second-order valence-corrected chi connectivity index (χ2v) is 5.67. The first kappa shape index (κ1) is 18.7. The minimum Gasteiger partial charge on any atom is -0.495 e. The molecule has 2 rings (SSSR count). The number of hydrogen-bond acceptors (Lipinski definition) is 4. The summed E-state index contributed by atoms with van der Waals surface area (Å²) in [5.41, 5.74) is 1.09. The number of methoxy groups -OCH3 is 1. The van der Waals surface area contributed by atoms with Gasteiger partial charge in [-0.15, -0.1) is 0 Å². The Kier molecular flexibility index (Phi) is 6.36. The molecule has 0 unspecified atom stereocenters. The van der Waals surface area contributed by atoms with E-state index in [1.165, 1.54) is 25.6 Å². The van der Waals surface area contributed by atoms with Crippen molar-refractivity contribution in [2.75, 3.05) is 25.5 Å². The zero-order chi connectivity index (χ0) is 18.4. The summed E-state index contributed by atoms with van der Waals surface area (Å²) in [6.07, 6.45) is 2.86. The molecule has 2 aromatic rings. The third kappa shape index (κ3) is 4.48. The number of pyridine rings is 1. The molecule has 0 fully saturated rings. The van der Waals surface area contributed by atoms with Crippen LogP contribution in [0, 0.1) is 0 Å². The van der Waals surface area contributed by atoms with Gasteiger partial charge in [0.05, 0.1) is 23.9 Å². The maximum absolute atomic E-state index is 12.5. The largest absolute Gasteiger partial charge is 0.495 e. The van der Waals surface area contributed by atoms with Gasteiger partial charge in [-0.3, -0.25) is 14.6 Å². The van der Waals surface area contributed by atoms with Gasteiger partial charge >= 0.3 is 0 Å². The lowest BCUT2D eigenvalue weighted by atomic mass is 10.1. The molecular formula is C18H20ClN3O3. The van der Waals surface area contributed by atoms with Gasteiger partial charge in [0.2, 0.25) is 0 Å². The van der Waals surface area contributed by atoms with E-state index in [2.05, 4.69) is 10.3 Å². The van der Waals surface area contributed by atoms with Crippen LogP contribution in [0.3, 0.4) is 0 Å². The average Bonchev–Trinajstić information content (AvgIpc) is 2.63. The Morgan fingerprint density at radius 2 is 1.84 bits per heavy atom. The monoisotopic (exact) mass is 361 g/mol. The van der Waals surface area contributed by atoms with Gasteiger partial charge < -0.3 is 15.0 Å². The molecule has 0 spiro atoms. The SMILES string of the molecule is CCN(CC)C(=O)c1cncc(C(=O)Nc2cc(Cl)ccc2OC)c1. The molecule has 0 radical (unpaired) electrons. The van der Waals surface area contributed by atoms with E-state index in [-0.39, 0.29) is 11.5 Å². The van der Waals surface area contributed by atoms with Gasteiger partial charge in [-0.05, 0) is 38.1 Å². The van der Waals surface area contributed by atoms with Crippen LogP contribution in [0.5, 0.6) is 5.75 Å². The lowest BCUT2D eigenvalue weighted by Crippen LogP contribution is -2.30. The standard InChI is InChI=1S/C18H20ClN3O3/c1-4-22(5-2)18(24)13-8-12(10-20-11-13)17(23)21-15-9-14(19)6-7-16(15)25-3/h6-11H,4-5H2,1-3H3,(H,21,23). The molecule has 0 aliphatic rings. The highest BCUT2D eigenvalue weighted by Gasteiger charge is 2.16. The van der Waals surface area contributed by atoms with Crippen LogP contribution in [0.25, 0.3) is 0 Å². The molecule has 2 amide bonds. The first-order chi connectivity index (χ1) is 12.0. The van der Waals surface area contributed by atoms with Gasteiger partial charge in [0.15, 0.2) is 0 Å². The zero-order valence-corrected chi connectivity index (χ0v) is 15.1. The number of anilines is 1. The third-order valence-electron chi connectivity index (χ3n) is 3.71. The number of benzene rings is 1. The second kappa shape index (κ2) is 8.48. The molecule has 0 atom stereocenters. The molecule has 0 aliphatic carbocycles. The summed E-state index contributed by atoms with van der Waals surface area (Å²) in [6.45, 7) is 4.98. The smallest absolute Gasteiger partial charge is 0.257 e. The third-order valence-corrected chi connectivity index (χ3v) is 3.94. The number of ether oxygens (including phenoxy) is 1. The van der Waals surface area contributed by atoms with Crippen LogP contribution >= 0.6 is 11.6 Å². The van der Waals surface area contributed by atoms with E-state index in [9.17, 15) is 9.59 Å². The predicted molar refractivity (Wildman–Crippen MR) is 97.4 cm³/mol. The number of rotatable bonds is 6. The van der Waals surface area contributed by atoms with Gasteiger partial charge in [-0.1, -0.05) is 11.6 Å². The summed E-state index contributed by atoms with van der Waals surface area (Å²) in [5, 5.41) is 3.20. The Labute approximate surface area is 151 Å². The molecule has 132 valence electrons. The Bertz CT molecular complexity index is 776. The van der Waals surface area contributed by atoms with Gasteiger partial charge in [0.25, 0.3) is 11.8 Å². The summed E-state index contributed by atoms with van der Waals surface area (Å²) in [4.78, 5) is 30.6. The van der Waals surface area contributed by atoms with Crippen molar-refractivity contribution in [2.45, 2.75) is 13.8 Å². The number of nitrogens with one attached hydrogen (secondary N) is 1. The quantitative estimate of drug-likeness (QED) is 0.855. The summed E-state index contributed by atoms with van der Waals surface area (Å²) in [5.74, 6) is -0.0733. The van der Waals surface area contributed by atoms with Crippen molar-refractivity contribution in [1.82, 2.24) is 9.88 Å². The van der Waals surface area contributed by atoms with Crippen LogP contribution in [0.15, 0.2) is 36.7 Å². The van der Waals surface area contributed by atoms with E-state index in [1.807, 2.05) is 13.8 Å². The predicted octanol–water partition coefficient (Wildman–Crippen LogP) is 3.48. The molecule has 1 aromatic carbocycles. The number of aromatic nitrogens is 1. The molecule has 0 aliphatic heterocycles. The average molecular weight is 362 g/mol. The van der Waals surface area contributed by atoms with Crippen molar-refractivity contribution in [1.29, 1.82) is 0 Å². The number of nitrogens with zero attached hydrogens (tertiary/aromatic N) is 2. The summed E-state index contributed by atoms with van der Waals surface area (Å²) in [6, 6.07) is 6.45. The molecule has 1 heterocycles. The van der Waals surface area contributed by atoms with Crippen LogP contribution in [-0.2, 0) is 0 Å². The van der Waals surface area contributed by atoms with Gasteiger partial charge in [-0.25, -0.2) is 0 Å². The van der Waals surface area contributed by atoms with Crippen molar-refractivity contribution < 1.29 is 14.3 Å². The maximum Gasteiger partial charge on any atom is 0.257 e. The van der Waals surface area contributed by atoms with Crippen molar-refractivity contribution in [3.63, 3.8) is 0 Å². The molecule has 6 nitrogen and oxygen atoms in total. The fourth-order valence-corrected chi connectivity index (χ4v) is 2.52. The fourth-order valence-electron chi connectivity index (χ4n) is 2.35. The van der Waals surface area contributed by atoms with Crippen LogP contribution in [0.4, 0.5) is 5.69 Å². The van der Waals surface area contributed by atoms with E-state index in [0.29, 0.717) is 35.1 Å². The Hall–Kier alpha value is -2.60. The minimum atomic E-state index is -0.401. The van der Waals surface area contributed by atoms with Gasteiger partial charge in [-0.2, -0.15) is 0 Å². The minimum absolute atomic E-state index is 0.160. The van der Waals surface area contributed by atoms with Gasteiger partial charge in [0.1, 0.15) is 5.75 Å². The van der Waals surface area contributed by atoms with Crippen molar-refractivity contribution in [3.8, 4) is 5.75 Å². The van der Waals surface area contributed by atoms with Crippen molar-refractivity contribution in [3.05, 3.63) is 52.8 Å². The van der Waals surface area contributed by atoms with E-state index in [1.54, 1.807) is 23.1 Å². The molecule has 0 saturated heterocycles. The molecule has 25 heavy (non-hydrogen) atoms. The van der Waals surface area contributed by atoms with Crippen LogP contribution in [0.1, 0.15) is 34.6 Å². The van der Waals surface area contributed by atoms with Crippen molar-refractivity contribution in [2.24, 2.45) is 0 Å². The molecule has 1 N–H and O–H groups in total. The number of hydrogen-bond donors (Lipinski definition) is 1. The fraction of sp³-hybridized carbons (Fsp3) is 0.278. The van der Waals surface area contributed by atoms with E-state index >= 15 is 0 Å². The highest BCUT2D eigenvalue weighted by molar-refractivity contribution is 6.31. The highest BCUT2D eigenvalue weighted by atomic mass is 35.5. The summed E-state index contributed by atoms with van der Waals surface area (Å²) in [7, 11) is 1.50. The molecule has 0 saturated carbocycles. The molecule has 7 heteroatoms. The zero-order valence-electron chi connectivity index (χ0n) is 14.4. The Balaban J connectivity index is 2.25. The highest BCUT2D eigenvalue weighted by Crippen LogP contribution is 2.28. The van der Waals surface area contributed by atoms with E-state index in [4.69, 9.17) is 16.3 Å². The topological polar surface area (TPSA) is 71.5 Å². The van der Waals surface area contributed by atoms with Crippen LogP contribution < -0.4 is 10.1 Å². The second-order valence-electron chi connectivity index (χ2n) is 5.24. The molecule has 1 aromatic heterocycles. The lowest BCUT2D eigenvalue weighted by Gasteiger charge is -2.18. The number of carbonyl (C=O) groups is 2. The molecule has 0 bridgehead atoms. The van der Waals surface area contributed by atoms with Crippen LogP contribution in [0.2, 0.25) is 5.02 Å². The molecular weight excluding hydrogens is 342 g/mol. The van der Waals surface area contributed by atoms with Gasteiger partial charge in [0, 0.05) is 30.5 Å².